The Morgan fingerprint density at radius 3 is 2.62 bits per heavy atom. The van der Waals surface area contributed by atoms with Gasteiger partial charge in [0.15, 0.2) is 0 Å². The van der Waals surface area contributed by atoms with E-state index in [4.69, 9.17) is 16.7 Å². The van der Waals surface area contributed by atoms with Gasteiger partial charge in [-0.3, -0.25) is 4.79 Å². The number of carbonyl (C=O) groups excluding carboxylic acids is 1. The quantitative estimate of drug-likeness (QED) is 0.836. The number of sulfonamides is 1. The molecule has 0 saturated carbocycles. The lowest BCUT2D eigenvalue weighted by Gasteiger charge is -2.14. The Balaban J connectivity index is 3.05. The lowest BCUT2D eigenvalue weighted by Crippen LogP contribution is -2.33. The second kappa shape index (κ2) is 7.20. The SMILES string of the molecule is CCCCC(C)NC(=O)c1cc(S(N)(=O)=O)c(F)cc1Cl. The first-order valence-electron chi connectivity index (χ1n) is 6.49. The lowest BCUT2D eigenvalue weighted by atomic mass is 10.1. The molecule has 0 aromatic heterocycles. The van der Waals surface area contributed by atoms with Crippen LogP contribution >= 0.6 is 11.6 Å². The van der Waals surface area contributed by atoms with Gasteiger partial charge in [0.2, 0.25) is 10.0 Å². The van der Waals surface area contributed by atoms with Crippen molar-refractivity contribution in [3.63, 3.8) is 0 Å². The van der Waals surface area contributed by atoms with Crippen molar-refractivity contribution in [2.24, 2.45) is 5.14 Å². The molecular formula is C13H18ClFN2O3S. The molecule has 118 valence electrons. The van der Waals surface area contributed by atoms with E-state index in [1.165, 1.54) is 0 Å². The summed E-state index contributed by atoms with van der Waals surface area (Å²) in [6, 6.07) is 1.53. The van der Waals surface area contributed by atoms with Crippen molar-refractivity contribution >= 4 is 27.5 Å². The minimum atomic E-state index is -4.26. The predicted octanol–water partition coefficient (Wildman–Crippen LogP) is 2.43. The lowest BCUT2D eigenvalue weighted by molar-refractivity contribution is 0.0938. The van der Waals surface area contributed by atoms with Crippen LogP contribution in [0.1, 0.15) is 43.5 Å². The Hall–Kier alpha value is -1.18. The number of unbranched alkanes of at least 4 members (excludes halogenated alkanes) is 1. The van der Waals surface area contributed by atoms with E-state index in [0.29, 0.717) is 0 Å². The van der Waals surface area contributed by atoms with E-state index in [-0.39, 0.29) is 16.6 Å². The first-order valence-corrected chi connectivity index (χ1v) is 8.42. The van der Waals surface area contributed by atoms with Gasteiger partial charge in [-0.15, -0.1) is 0 Å². The van der Waals surface area contributed by atoms with Gasteiger partial charge in [-0.05, 0) is 25.5 Å². The van der Waals surface area contributed by atoms with Crippen LogP contribution in [0.25, 0.3) is 0 Å². The van der Waals surface area contributed by atoms with Gasteiger partial charge in [-0.25, -0.2) is 17.9 Å². The van der Waals surface area contributed by atoms with Crippen LogP contribution in [0.5, 0.6) is 0 Å². The maximum atomic E-state index is 13.5. The third-order valence-electron chi connectivity index (χ3n) is 2.94. The van der Waals surface area contributed by atoms with Crippen LogP contribution in [0.4, 0.5) is 4.39 Å². The average Bonchev–Trinajstić information content (AvgIpc) is 2.34. The van der Waals surface area contributed by atoms with Crippen molar-refractivity contribution < 1.29 is 17.6 Å². The first kappa shape index (κ1) is 17.9. The number of rotatable bonds is 6. The van der Waals surface area contributed by atoms with Crippen LogP contribution in [0.3, 0.4) is 0 Å². The van der Waals surface area contributed by atoms with E-state index in [2.05, 4.69) is 5.32 Å². The zero-order valence-electron chi connectivity index (χ0n) is 11.8. The third-order valence-corrected chi connectivity index (χ3v) is 4.18. The summed E-state index contributed by atoms with van der Waals surface area (Å²) in [7, 11) is -4.26. The van der Waals surface area contributed by atoms with Crippen LogP contribution in [0, 0.1) is 5.82 Å². The predicted molar refractivity (Wildman–Crippen MR) is 79.2 cm³/mol. The summed E-state index contributed by atoms with van der Waals surface area (Å²) in [5.41, 5.74) is -0.120. The molecule has 5 nitrogen and oxygen atoms in total. The van der Waals surface area contributed by atoms with Crippen molar-refractivity contribution in [2.75, 3.05) is 0 Å². The Morgan fingerprint density at radius 2 is 2.10 bits per heavy atom. The van der Waals surface area contributed by atoms with Gasteiger partial charge in [-0.1, -0.05) is 31.4 Å². The van der Waals surface area contributed by atoms with Crippen molar-refractivity contribution in [3.05, 3.63) is 28.5 Å². The largest absolute Gasteiger partial charge is 0.350 e. The summed E-state index contributed by atoms with van der Waals surface area (Å²) in [4.78, 5) is 11.3. The Labute approximate surface area is 128 Å². The highest BCUT2D eigenvalue weighted by molar-refractivity contribution is 7.89. The van der Waals surface area contributed by atoms with Crippen LogP contribution in [-0.2, 0) is 10.0 Å². The molecule has 1 amide bonds. The zero-order chi connectivity index (χ0) is 16.2. The summed E-state index contributed by atoms with van der Waals surface area (Å²) in [5, 5.41) is 7.42. The number of hydrogen-bond acceptors (Lipinski definition) is 3. The first-order chi connectivity index (χ1) is 9.66. The molecule has 3 N–H and O–H groups in total. The fourth-order valence-corrected chi connectivity index (χ4v) is 2.65. The summed E-state index contributed by atoms with van der Waals surface area (Å²) in [6.07, 6.45) is 2.72. The smallest absolute Gasteiger partial charge is 0.253 e. The number of primary sulfonamides is 1. The number of amides is 1. The maximum absolute atomic E-state index is 13.5. The standard InChI is InChI=1S/C13H18ClFN2O3S/c1-3-4-5-8(2)17-13(18)9-6-12(21(16,19)20)11(15)7-10(9)14/h6-8H,3-5H2,1-2H3,(H,17,18)(H2,16,19,20). The molecule has 0 heterocycles. The fourth-order valence-electron chi connectivity index (χ4n) is 1.81. The van der Waals surface area contributed by atoms with E-state index in [1.54, 1.807) is 0 Å². The minimum Gasteiger partial charge on any atom is -0.350 e. The van der Waals surface area contributed by atoms with Crippen molar-refractivity contribution in [1.29, 1.82) is 0 Å². The third kappa shape index (κ3) is 4.94. The average molecular weight is 337 g/mol. The molecular weight excluding hydrogens is 319 g/mol. The minimum absolute atomic E-state index is 0.100. The van der Waals surface area contributed by atoms with Crippen LogP contribution in [0.2, 0.25) is 5.02 Å². The summed E-state index contributed by atoms with van der Waals surface area (Å²) in [6.45, 7) is 3.86. The molecule has 1 aromatic carbocycles. The highest BCUT2D eigenvalue weighted by Crippen LogP contribution is 2.23. The van der Waals surface area contributed by atoms with E-state index in [1.807, 2.05) is 13.8 Å². The van der Waals surface area contributed by atoms with Gasteiger partial charge >= 0.3 is 0 Å². The number of nitrogens with two attached hydrogens (primary N) is 1. The summed E-state index contributed by atoms with van der Waals surface area (Å²) in [5.74, 6) is -1.65. The van der Waals surface area contributed by atoms with Crippen LogP contribution in [0.15, 0.2) is 17.0 Å². The Bertz CT molecular complexity index is 635. The second-order valence-corrected chi connectivity index (χ2v) is 6.76. The normalized spacial score (nSPS) is 13.0. The molecule has 0 spiro atoms. The topological polar surface area (TPSA) is 89.3 Å². The van der Waals surface area contributed by atoms with Gasteiger partial charge in [0.1, 0.15) is 10.7 Å². The van der Waals surface area contributed by atoms with E-state index < -0.39 is 26.6 Å². The Morgan fingerprint density at radius 1 is 1.48 bits per heavy atom. The summed E-state index contributed by atoms with van der Waals surface area (Å²) >= 11 is 5.80. The monoisotopic (exact) mass is 336 g/mol. The number of benzene rings is 1. The molecule has 0 fully saturated rings. The molecule has 0 radical (unpaired) electrons. The molecule has 0 aliphatic rings. The molecule has 0 aliphatic heterocycles. The van der Waals surface area contributed by atoms with Crippen molar-refractivity contribution in [3.8, 4) is 0 Å². The zero-order valence-corrected chi connectivity index (χ0v) is 13.4. The molecule has 8 heteroatoms. The molecule has 0 saturated heterocycles. The van der Waals surface area contributed by atoms with Gasteiger partial charge in [0, 0.05) is 6.04 Å². The van der Waals surface area contributed by atoms with E-state index >= 15 is 0 Å². The van der Waals surface area contributed by atoms with Crippen molar-refractivity contribution in [1.82, 2.24) is 5.32 Å². The van der Waals surface area contributed by atoms with Gasteiger partial charge < -0.3 is 5.32 Å². The number of nitrogens with one attached hydrogen (secondary N) is 1. The van der Waals surface area contributed by atoms with Gasteiger partial charge in [0.05, 0.1) is 10.6 Å². The van der Waals surface area contributed by atoms with E-state index in [9.17, 15) is 17.6 Å². The molecule has 1 unspecified atom stereocenters. The number of halogens is 2. The Kier molecular flexibility index (Phi) is 6.12. The number of carbonyl (C=O) groups is 1. The summed E-state index contributed by atoms with van der Waals surface area (Å²) < 4.78 is 36.1. The maximum Gasteiger partial charge on any atom is 0.253 e. The molecule has 1 rings (SSSR count). The highest BCUT2D eigenvalue weighted by atomic mass is 35.5. The molecule has 21 heavy (non-hydrogen) atoms. The molecule has 0 bridgehead atoms. The second-order valence-electron chi connectivity index (χ2n) is 4.82. The van der Waals surface area contributed by atoms with Gasteiger partial charge in [-0.2, -0.15) is 0 Å². The fraction of sp³-hybridized carbons (Fsp3) is 0.462. The molecule has 0 aliphatic carbocycles. The van der Waals surface area contributed by atoms with Crippen molar-refractivity contribution in [2.45, 2.75) is 44.0 Å². The van der Waals surface area contributed by atoms with Crippen LogP contribution < -0.4 is 10.5 Å². The van der Waals surface area contributed by atoms with E-state index in [0.717, 1.165) is 31.4 Å². The molecule has 1 atom stereocenters. The van der Waals surface area contributed by atoms with Gasteiger partial charge in [0.25, 0.3) is 5.91 Å². The highest BCUT2D eigenvalue weighted by Gasteiger charge is 2.21. The molecule has 1 aromatic rings. The number of hydrogen-bond donors (Lipinski definition) is 2. The van der Waals surface area contributed by atoms with Crippen LogP contribution in [-0.4, -0.2) is 20.4 Å².